The van der Waals surface area contributed by atoms with Gasteiger partial charge in [0.1, 0.15) is 0 Å². The van der Waals surface area contributed by atoms with Crippen LogP contribution in [-0.4, -0.2) is 17.6 Å². The molecular weight excluding hydrogens is 184 g/mol. The number of nitrogens with one attached hydrogen (secondary N) is 1. The summed E-state index contributed by atoms with van der Waals surface area (Å²) >= 11 is 1.37. The molecule has 0 saturated carbocycles. The lowest BCUT2D eigenvalue weighted by Gasteiger charge is -1.87. The molecule has 68 valence electrons. The average Bonchev–Trinajstić information content (AvgIpc) is 2.19. The zero-order valence-corrected chi connectivity index (χ0v) is 8.08. The van der Waals surface area contributed by atoms with Crippen LogP contribution in [0.25, 0.3) is 0 Å². The van der Waals surface area contributed by atoms with Crippen LogP contribution >= 0.6 is 11.8 Å². The molecule has 1 heterocycles. The van der Waals surface area contributed by atoms with Crippen LogP contribution in [0.4, 0.5) is 0 Å². The van der Waals surface area contributed by atoms with Crippen molar-refractivity contribution >= 4 is 23.1 Å². The van der Waals surface area contributed by atoms with Gasteiger partial charge in [0.2, 0.25) is 0 Å². The van der Waals surface area contributed by atoms with Crippen molar-refractivity contribution in [2.75, 3.05) is 6.26 Å². The minimum atomic E-state index is 0.455. The number of aromatic amines is 1. The van der Waals surface area contributed by atoms with Crippen molar-refractivity contribution in [1.29, 1.82) is 0 Å². The Bertz CT molecular complexity index is 307. The molecule has 0 spiro atoms. The second kappa shape index (κ2) is 5.31. The summed E-state index contributed by atoms with van der Waals surface area (Å²) in [5.74, 6) is 0. The molecule has 0 fully saturated rings. The van der Waals surface area contributed by atoms with Gasteiger partial charge in [0.05, 0.1) is 11.8 Å². The molecule has 1 aromatic heterocycles. The summed E-state index contributed by atoms with van der Waals surface area (Å²) < 4.78 is 0. The molecule has 0 aliphatic carbocycles. The Balaban J connectivity index is 2.60. The first kappa shape index (κ1) is 9.73. The van der Waals surface area contributed by atoms with Crippen LogP contribution in [0, 0.1) is 0 Å². The van der Waals surface area contributed by atoms with E-state index >= 15 is 0 Å². The Hall–Kier alpha value is -1.36. The standard InChI is InChI=1S/C8H10N4S/c1-13-8(9)12-11-6-7-3-2-4-10-5-7/h2-6H,1H3,(H2,9,12)/p+1. The van der Waals surface area contributed by atoms with Crippen LogP contribution in [0.15, 0.2) is 34.7 Å². The Morgan fingerprint density at radius 3 is 3.15 bits per heavy atom. The molecule has 0 aromatic carbocycles. The highest BCUT2D eigenvalue weighted by Gasteiger charge is 1.88. The van der Waals surface area contributed by atoms with E-state index in [0.29, 0.717) is 5.17 Å². The maximum absolute atomic E-state index is 5.43. The number of aromatic nitrogens is 1. The molecule has 5 heteroatoms. The molecule has 0 saturated heterocycles. The van der Waals surface area contributed by atoms with Gasteiger partial charge < -0.3 is 5.73 Å². The third-order valence-corrected chi connectivity index (χ3v) is 1.80. The smallest absolute Gasteiger partial charge is 0.180 e. The predicted octanol–water partition coefficient (Wildman–Crippen LogP) is 0.512. The van der Waals surface area contributed by atoms with Crippen LogP contribution < -0.4 is 10.7 Å². The summed E-state index contributed by atoms with van der Waals surface area (Å²) in [4.78, 5) is 2.94. The number of hydrogen-bond acceptors (Lipinski definition) is 3. The first-order valence-corrected chi connectivity index (χ1v) is 4.92. The third kappa shape index (κ3) is 3.71. The largest absolute Gasteiger partial charge is 0.377 e. The zero-order chi connectivity index (χ0) is 9.52. The van der Waals surface area contributed by atoms with Gasteiger partial charge in [-0.15, -0.1) is 5.10 Å². The summed E-state index contributed by atoms with van der Waals surface area (Å²) in [7, 11) is 0. The first-order chi connectivity index (χ1) is 6.33. The number of pyridine rings is 1. The second-order valence-electron chi connectivity index (χ2n) is 2.22. The van der Waals surface area contributed by atoms with Gasteiger partial charge >= 0.3 is 0 Å². The Morgan fingerprint density at radius 1 is 1.69 bits per heavy atom. The molecule has 0 atom stereocenters. The minimum absolute atomic E-state index is 0.455. The van der Waals surface area contributed by atoms with Crippen molar-refractivity contribution in [3.8, 4) is 0 Å². The molecule has 0 radical (unpaired) electrons. The van der Waals surface area contributed by atoms with E-state index in [1.807, 2.05) is 30.8 Å². The van der Waals surface area contributed by atoms with Crippen LogP contribution in [0.1, 0.15) is 5.56 Å². The topological polar surface area (TPSA) is 64.9 Å². The summed E-state index contributed by atoms with van der Waals surface area (Å²) in [6, 6.07) is 3.81. The molecule has 4 nitrogen and oxygen atoms in total. The number of amidine groups is 1. The molecule has 0 amide bonds. The Morgan fingerprint density at radius 2 is 2.54 bits per heavy atom. The van der Waals surface area contributed by atoms with Crippen LogP contribution in [-0.2, 0) is 0 Å². The molecule has 0 aliphatic rings. The normalized spacial score (nSPS) is 12.2. The molecule has 13 heavy (non-hydrogen) atoms. The highest BCUT2D eigenvalue weighted by atomic mass is 32.2. The van der Waals surface area contributed by atoms with Gasteiger partial charge in [-0.25, -0.2) is 4.98 Å². The average molecular weight is 195 g/mol. The van der Waals surface area contributed by atoms with Gasteiger partial charge in [0.15, 0.2) is 17.6 Å². The highest BCUT2D eigenvalue weighted by molar-refractivity contribution is 8.13. The molecule has 3 N–H and O–H groups in total. The van der Waals surface area contributed by atoms with E-state index < -0.39 is 0 Å². The maximum atomic E-state index is 5.43. The van der Waals surface area contributed by atoms with E-state index in [9.17, 15) is 0 Å². The molecule has 0 aliphatic heterocycles. The lowest BCUT2D eigenvalue weighted by atomic mass is 10.3. The lowest BCUT2D eigenvalue weighted by molar-refractivity contribution is -0.378. The summed E-state index contributed by atoms with van der Waals surface area (Å²) in [5.41, 5.74) is 6.39. The maximum Gasteiger partial charge on any atom is 0.180 e. The number of rotatable bonds is 2. The van der Waals surface area contributed by atoms with E-state index in [1.54, 1.807) is 6.21 Å². The Kier molecular flexibility index (Phi) is 3.98. The van der Waals surface area contributed by atoms with Gasteiger partial charge in [-0.2, -0.15) is 5.10 Å². The van der Waals surface area contributed by atoms with Crippen molar-refractivity contribution in [2.45, 2.75) is 0 Å². The fourth-order valence-electron chi connectivity index (χ4n) is 0.681. The summed E-state index contributed by atoms with van der Waals surface area (Å²) in [6.07, 6.45) is 7.15. The van der Waals surface area contributed by atoms with Crippen molar-refractivity contribution in [3.63, 3.8) is 0 Å². The van der Waals surface area contributed by atoms with Crippen molar-refractivity contribution in [1.82, 2.24) is 0 Å². The molecule has 1 aromatic rings. The quantitative estimate of drug-likeness (QED) is 0.424. The van der Waals surface area contributed by atoms with Crippen molar-refractivity contribution in [3.05, 3.63) is 30.1 Å². The third-order valence-electron chi connectivity index (χ3n) is 1.30. The van der Waals surface area contributed by atoms with E-state index in [4.69, 9.17) is 5.73 Å². The van der Waals surface area contributed by atoms with Crippen LogP contribution in [0.5, 0.6) is 0 Å². The highest BCUT2D eigenvalue weighted by Crippen LogP contribution is 1.92. The van der Waals surface area contributed by atoms with E-state index in [1.165, 1.54) is 11.8 Å². The fourth-order valence-corrected chi connectivity index (χ4v) is 0.810. The van der Waals surface area contributed by atoms with Crippen LogP contribution in [0.3, 0.4) is 0 Å². The SMILES string of the molecule is CSC(N)=NN=Cc1ccc[nH+]c1. The van der Waals surface area contributed by atoms with Gasteiger partial charge in [0, 0.05) is 6.07 Å². The molecule has 1 rings (SSSR count). The fraction of sp³-hybridized carbons (Fsp3) is 0.125. The number of thioether (sulfide) groups is 1. The van der Waals surface area contributed by atoms with Crippen LogP contribution in [0.2, 0.25) is 0 Å². The van der Waals surface area contributed by atoms with Gasteiger partial charge in [-0.1, -0.05) is 11.8 Å². The summed E-state index contributed by atoms with van der Waals surface area (Å²) in [6.45, 7) is 0. The number of nitrogens with two attached hydrogens (primary N) is 1. The molecule has 0 unspecified atom stereocenters. The first-order valence-electron chi connectivity index (χ1n) is 3.69. The van der Waals surface area contributed by atoms with E-state index in [-0.39, 0.29) is 0 Å². The molecule has 0 bridgehead atoms. The second-order valence-corrected chi connectivity index (χ2v) is 3.05. The number of nitrogens with zero attached hydrogens (tertiary/aromatic N) is 2. The van der Waals surface area contributed by atoms with E-state index in [2.05, 4.69) is 15.2 Å². The van der Waals surface area contributed by atoms with Crippen molar-refractivity contribution in [2.24, 2.45) is 15.9 Å². The molecular formula is C8H11N4S+. The van der Waals surface area contributed by atoms with Gasteiger partial charge in [-0.05, 0) is 12.3 Å². The van der Waals surface area contributed by atoms with E-state index in [0.717, 1.165) is 5.56 Å². The minimum Gasteiger partial charge on any atom is -0.377 e. The van der Waals surface area contributed by atoms with Crippen molar-refractivity contribution < 1.29 is 4.98 Å². The monoisotopic (exact) mass is 195 g/mol. The summed E-state index contributed by atoms with van der Waals surface area (Å²) in [5, 5.41) is 8.02. The number of H-pyrrole nitrogens is 1. The predicted molar refractivity (Wildman–Crippen MR) is 55.7 cm³/mol. The number of hydrogen-bond donors (Lipinski definition) is 1. The lowest BCUT2D eigenvalue weighted by Crippen LogP contribution is -2.04. The van der Waals surface area contributed by atoms with Gasteiger partial charge in [0.25, 0.3) is 0 Å². The Labute approximate surface area is 81.0 Å². The zero-order valence-electron chi connectivity index (χ0n) is 7.27. The van der Waals surface area contributed by atoms with Gasteiger partial charge in [-0.3, -0.25) is 0 Å².